The van der Waals surface area contributed by atoms with Crippen molar-refractivity contribution in [2.24, 2.45) is 0 Å². The van der Waals surface area contributed by atoms with Gasteiger partial charge in [-0.3, -0.25) is 0 Å². The van der Waals surface area contributed by atoms with Crippen LogP contribution >= 0.6 is 27.7 Å². The lowest BCUT2D eigenvalue weighted by Gasteiger charge is -2.07. The third-order valence-electron chi connectivity index (χ3n) is 4.27. The van der Waals surface area contributed by atoms with Crippen molar-refractivity contribution in [3.8, 4) is 5.69 Å². The molecule has 2 aromatic heterocycles. The molecule has 0 N–H and O–H groups in total. The molecule has 0 amide bonds. The highest BCUT2D eigenvalue weighted by atomic mass is 79.9. The van der Waals surface area contributed by atoms with Gasteiger partial charge in [0.15, 0.2) is 5.65 Å². The van der Waals surface area contributed by atoms with E-state index in [2.05, 4.69) is 63.0 Å². The number of hydrogen-bond acceptors (Lipinski definition) is 4. The molecule has 2 heterocycles. The van der Waals surface area contributed by atoms with Gasteiger partial charge in [-0.2, -0.15) is 5.10 Å². The molecule has 4 rings (SSSR count). The zero-order valence-electron chi connectivity index (χ0n) is 14.5. The molecule has 0 fully saturated rings. The second kappa shape index (κ2) is 7.21. The third kappa shape index (κ3) is 3.39. The number of fused-ring (bicyclic) bond motifs is 1. The molecule has 26 heavy (non-hydrogen) atoms. The predicted octanol–water partition coefficient (Wildman–Crippen LogP) is 5.49. The van der Waals surface area contributed by atoms with E-state index in [0.717, 1.165) is 32.0 Å². The van der Waals surface area contributed by atoms with Gasteiger partial charge in [0.05, 0.1) is 17.3 Å². The van der Waals surface area contributed by atoms with Gasteiger partial charge in [0, 0.05) is 10.2 Å². The normalized spacial score (nSPS) is 11.2. The lowest BCUT2D eigenvalue weighted by molar-refractivity contribution is 0.893. The van der Waals surface area contributed by atoms with Crippen LogP contribution < -0.4 is 0 Å². The zero-order valence-corrected chi connectivity index (χ0v) is 16.9. The smallest absolute Gasteiger partial charge is 0.167 e. The molecule has 4 nitrogen and oxygen atoms in total. The molecule has 6 heteroatoms. The van der Waals surface area contributed by atoms with Gasteiger partial charge < -0.3 is 0 Å². The molecule has 0 saturated heterocycles. The third-order valence-corrected chi connectivity index (χ3v) is 5.85. The largest absolute Gasteiger partial charge is 0.229 e. The summed E-state index contributed by atoms with van der Waals surface area (Å²) in [4.78, 5) is 8.94. The molecule has 0 aliphatic heterocycles. The van der Waals surface area contributed by atoms with Gasteiger partial charge in [-0.1, -0.05) is 39.7 Å². The van der Waals surface area contributed by atoms with Gasteiger partial charge in [0.2, 0.25) is 0 Å². The molecule has 4 aromatic rings. The van der Waals surface area contributed by atoms with Crippen molar-refractivity contribution < 1.29 is 0 Å². The van der Waals surface area contributed by atoms with E-state index in [9.17, 15) is 0 Å². The van der Waals surface area contributed by atoms with Crippen LogP contribution in [0.4, 0.5) is 0 Å². The summed E-state index contributed by atoms with van der Waals surface area (Å²) in [5.41, 5.74) is 5.72. The number of halogens is 1. The summed E-state index contributed by atoms with van der Waals surface area (Å²) in [6.45, 7) is 4.27. The summed E-state index contributed by atoms with van der Waals surface area (Å²) in [6, 6.07) is 14.6. The van der Waals surface area contributed by atoms with E-state index in [-0.39, 0.29) is 0 Å². The number of aryl methyl sites for hydroxylation is 2. The van der Waals surface area contributed by atoms with Gasteiger partial charge in [-0.05, 0) is 49.2 Å². The summed E-state index contributed by atoms with van der Waals surface area (Å²) < 4.78 is 2.89. The maximum Gasteiger partial charge on any atom is 0.167 e. The molecule has 0 spiro atoms. The Morgan fingerprint density at radius 2 is 1.85 bits per heavy atom. The van der Waals surface area contributed by atoms with Crippen LogP contribution in [-0.4, -0.2) is 19.7 Å². The van der Waals surface area contributed by atoms with Crippen LogP contribution in [0.3, 0.4) is 0 Å². The Bertz CT molecular complexity index is 1070. The molecular formula is C20H17BrN4S. The second-order valence-corrected chi connectivity index (χ2v) is 8.05. The number of aromatic nitrogens is 4. The molecule has 0 aliphatic rings. The topological polar surface area (TPSA) is 43.6 Å². The van der Waals surface area contributed by atoms with Crippen LogP contribution in [0.15, 0.2) is 64.5 Å². The minimum absolute atomic E-state index is 0.825. The Labute approximate surface area is 164 Å². The summed E-state index contributed by atoms with van der Waals surface area (Å²) in [5, 5.41) is 6.46. The average Bonchev–Trinajstić information content (AvgIpc) is 3.08. The van der Waals surface area contributed by atoms with E-state index in [1.165, 1.54) is 16.7 Å². The van der Waals surface area contributed by atoms with Gasteiger partial charge >= 0.3 is 0 Å². The number of benzene rings is 2. The average molecular weight is 425 g/mol. The molecule has 0 saturated carbocycles. The fourth-order valence-electron chi connectivity index (χ4n) is 2.81. The lowest BCUT2D eigenvalue weighted by Crippen LogP contribution is -1.97. The number of rotatable bonds is 4. The van der Waals surface area contributed by atoms with E-state index >= 15 is 0 Å². The van der Waals surface area contributed by atoms with Crippen molar-refractivity contribution >= 4 is 38.7 Å². The van der Waals surface area contributed by atoms with Crippen molar-refractivity contribution in [3.05, 3.63) is 76.2 Å². The van der Waals surface area contributed by atoms with Crippen molar-refractivity contribution in [3.63, 3.8) is 0 Å². The second-order valence-electron chi connectivity index (χ2n) is 6.17. The summed E-state index contributed by atoms with van der Waals surface area (Å²) in [5.74, 6) is 0.878. The van der Waals surface area contributed by atoms with E-state index in [1.807, 2.05) is 35.1 Å². The highest BCUT2D eigenvalue weighted by Gasteiger charge is 2.12. The quantitative estimate of drug-likeness (QED) is 0.321. The predicted molar refractivity (Wildman–Crippen MR) is 110 cm³/mol. The van der Waals surface area contributed by atoms with Crippen molar-refractivity contribution in [2.45, 2.75) is 24.6 Å². The maximum absolute atomic E-state index is 4.53. The number of hydrogen-bond donors (Lipinski definition) is 0. The zero-order chi connectivity index (χ0) is 18.1. The molecule has 2 aromatic carbocycles. The highest BCUT2D eigenvalue weighted by molar-refractivity contribution is 9.10. The minimum atomic E-state index is 0.825. The standard InChI is InChI=1S/C20H17BrN4S/c1-13-3-4-14(2)15(9-13)11-26-20-18-10-24-25(19(18)22-12-23-20)17-7-5-16(21)6-8-17/h3-10,12H,11H2,1-2H3. The minimum Gasteiger partial charge on any atom is -0.229 e. The molecule has 0 radical (unpaired) electrons. The fraction of sp³-hybridized carbons (Fsp3) is 0.150. The number of thioether (sulfide) groups is 1. The Morgan fingerprint density at radius 3 is 2.65 bits per heavy atom. The van der Waals surface area contributed by atoms with E-state index in [1.54, 1.807) is 18.1 Å². The summed E-state index contributed by atoms with van der Waals surface area (Å²) >= 11 is 5.19. The Morgan fingerprint density at radius 1 is 1.04 bits per heavy atom. The Hall–Kier alpha value is -2.18. The van der Waals surface area contributed by atoms with Gasteiger partial charge in [0.1, 0.15) is 11.4 Å². The highest BCUT2D eigenvalue weighted by Crippen LogP contribution is 2.29. The lowest BCUT2D eigenvalue weighted by atomic mass is 10.1. The van der Waals surface area contributed by atoms with E-state index in [0.29, 0.717) is 0 Å². The first-order chi connectivity index (χ1) is 12.6. The van der Waals surface area contributed by atoms with E-state index < -0.39 is 0 Å². The van der Waals surface area contributed by atoms with Crippen LogP contribution in [0, 0.1) is 13.8 Å². The van der Waals surface area contributed by atoms with Crippen LogP contribution in [-0.2, 0) is 5.75 Å². The summed E-state index contributed by atoms with van der Waals surface area (Å²) in [7, 11) is 0. The summed E-state index contributed by atoms with van der Waals surface area (Å²) in [6.07, 6.45) is 3.47. The van der Waals surface area contributed by atoms with Gasteiger partial charge in [0.25, 0.3) is 0 Å². The molecule has 0 aliphatic carbocycles. The van der Waals surface area contributed by atoms with Crippen LogP contribution in [0.5, 0.6) is 0 Å². The fourth-order valence-corrected chi connectivity index (χ4v) is 4.10. The number of nitrogens with zero attached hydrogens (tertiary/aromatic N) is 4. The van der Waals surface area contributed by atoms with E-state index in [4.69, 9.17) is 0 Å². The van der Waals surface area contributed by atoms with Gasteiger partial charge in [-0.15, -0.1) is 11.8 Å². The Kier molecular flexibility index (Phi) is 4.78. The van der Waals surface area contributed by atoms with Crippen molar-refractivity contribution in [1.29, 1.82) is 0 Å². The maximum atomic E-state index is 4.53. The SMILES string of the molecule is Cc1ccc(C)c(CSc2ncnc3c2cnn3-c2ccc(Br)cc2)c1. The van der Waals surface area contributed by atoms with Crippen molar-refractivity contribution in [1.82, 2.24) is 19.7 Å². The first-order valence-electron chi connectivity index (χ1n) is 8.25. The monoisotopic (exact) mass is 424 g/mol. The molecule has 0 unspecified atom stereocenters. The first kappa shape index (κ1) is 17.2. The van der Waals surface area contributed by atoms with Crippen LogP contribution in [0.2, 0.25) is 0 Å². The molecule has 0 bridgehead atoms. The molecule has 130 valence electrons. The molecular weight excluding hydrogens is 408 g/mol. The van der Waals surface area contributed by atoms with Crippen molar-refractivity contribution in [2.75, 3.05) is 0 Å². The van der Waals surface area contributed by atoms with Crippen LogP contribution in [0.25, 0.3) is 16.7 Å². The molecule has 0 atom stereocenters. The van der Waals surface area contributed by atoms with Gasteiger partial charge in [-0.25, -0.2) is 14.6 Å². The first-order valence-corrected chi connectivity index (χ1v) is 10.0. The van der Waals surface area contributed by atoms with Crippen LogP contribution in [0.1, 0.15) is 16.7 Å². The Balaban J connectivity index is 1.66.